The smallest absolute Gasteiger partial charge is 0.257 e. The van der Waals surface area contributed by atoms with Crippen LogP contribution in [-0.4, -0.2) is 25.7 Å². The molecular weight excluding hydrogens is 422 g/mol. The standard InChI is InChI=1S/C20H14BrN5O2/c21-15-2-1-3-18(10-15)28-19-9-4-14(11-22-19)20(27)25-16-5-7-17(8-6-16)26-12-23-24-13-26/h1-13H,(H,25,27). The molecule has 7 nitrogen and oxygen atoms in total. The summed E-state index contributed by atoms with van der Waals surface area (Å²) in [7, 11) is 0. The topological polar surface area (TPSA) is 81.9 Å². The molecule has 0 unspecified atom stereocenters. The summed E-state index contributed by atoms with van der Waals surface area (Å²) in [6.45, 7) is 0. The van der Waals surface area contributed by atoms with Crippen molar-refractivity contribution in [3.05, 3.63) is 89.6 Å². The molecule has 0 spiro atoms. The second kappa shape index (κ2) is 8.01. The third kappa shape index (κ3) is 4.24. The second-order valence-corrected chi connectivity index (χ2v) is 6.73. The van der Waals surface area contributed by atoms with E-state index in [1.54, 1.807) is 29.4 Å². The van der Waals surface area contributed by atoms with Crippen molar-refractivity contribution < 1.29 is 9.53 Å². The molecule has 0 aliphatic heterocycles. The summed E-state index contributed by atoms with van der Waals surface area (Å²) in [6, 6.07) is 18.1. The molecule has 0 bridgehead atoms. The molecule has 0 aliphatic rings. The van der Waals surface area contributed by atoms with E-state index in [1.165, 1.54) is 6.20 Å². The Morgan fingerprint density at radius 3 is 2.46 bits per heavy atom. The van der Waals surface area contributed by atoms with Gasteiger partial charge in [0.2, 0.25) is 5.88 Å². The molecule has 138 valence electrons. The molecule has 0 fully saturated rings. The van der Waals surface area contributed by atoms with Crippen LogP contribution >= 0.6 is 15.9 Å². The van der Waals surface area contributed by atoms with Crippen LogP contribution < -0.4 is 10.1 Å². The molecule has 1 amide bonds. The molecule has 1 N–H and O–H groups in total. The zero-order chi connectivity index (χ0) is 19.3. The Hall–Kier alpha value is -3.52. The Bertz CT molecular complexity index is 1080. The summed E-state index contributed by atoms with van der Waals surface area (Å²) in [6.07, 6.45) is 4.70. The van der Waals surface area contributed by atoms with Gasteiger partial charge in [-0.3, -0.25) is 9.36 Å². The van der Waals surface area contributed by atoms with Crippen LogP contribution in [0.1, 0.15) is 10.4 Å². The quantitative estimate of drug-likeness (QED) is 0.499. The summed E-state index contributed by atoms with van der Waals surface area (Å²) in [4.78, 5) is 16.6. The first kappa shape index (κ1) is 17.9. The number of ether oxygens (including phenoxy) is 1. The molecule has 0 aliphatic carbocycles. The van der Waals surface area contributed by atoms with Crippen molar-refractivity contribution in [3.63, 3.8) is 0 Å². The van der Waals surface area contributed by atoms with Crippen LogP contribution in [0.15, 0.2) is 84.0 Å². The molecule has 2 heterocycles. The molecule has 2 aromatic heterocycles. The van der Waals surface area contributed by atoms with Crippen molar-refractivity contribution in [2.24, 2.45) is 0 Å². The average Bonchev–Trinajstić information content (AvgIpc) is 3.24. The number of anilines is 1. The van der Waals surface area contributed by atoms with Gasteiger partial charge in [-0.05, 0) is 48.5 Å². The summed E-state index contributed by atoms with van der Waals surface area (Å²) in [5.41, 5.74) is 2.01. The van der Waals surface area contributed by atoms with Crippen molar-refractivity contribution in [2.45, 2.75) is 0 Å². The Morgan fingerprint density at radius 2 is 1.79 bits per heavy atom. The van der Waals surface area contributed by atoms with Crippen LogP contribution in [0.4, 0.5) is 5.69 Å². The molecule has 4 aromatic rings. The molecule has 0 atom stereocenters. The number of nitrogens with one attached hydrogen (secondary N) is 1. The first-order valence-electron chi connectivity index (χ1n) is 8.33. The first-order chi connectivity index (χ1) is 13.7. The van der Waals surface area contributed by atoms with Crippen LogP contribution in [0.3, 0.4) is 0 Å². The number of pyridine rings is 1. The Balaban J connectivity index is 1.40. The highest BCUT2D eigenvalue weighted by atomic mass is 79.9. The van der Waals surface area contributed by atoms with Gasteiger partial charge < -0.3 is 10.1 Å². The van der Waals surface area contributed by atoms with E-state index in [9.17, 15) is 4.79 Å². The van der Waals surface area contributed by atoms with Crippen molar-refractivity contribution in [1.29, 1.82) is 0 Å². The average molecular weight is 436 g/mol. The predicted octanol–water partition coefficient (Wildman–Crippen LogP) is 4.47. The minimum atomic E-state index is -0.251. The van der Waals surface area contributed by atoms with E-state index < -0.39 is 0 Å². The molecule has 28 heavy (non-hydrogen) atoms. The number of nitrogens with zero attached hydrogens (tertiary/aromatic N) is 4. The lowest BCUT2D eigenvalue weighted by molar-refractivity contribution is 0.102. The Labute approximate surface area is 169 Å². The van der Waals surface area contributed by atoms with E-state index in [2.05, 4.69) is 36.4 Å². The minimum absolute atomic E-state index is 0.251. The molecular formula is C20H14BrN5O2. The number of carbonyl (C=O) groups is 1. The van der Waals surface area contributed by atoms with Gasteiger partial charge in [0.1, 0.15) is 18.4 Å². The number of rotatable bonds is 5. The minimum Gasteiger partial charge on any atom is -0.439 e. The zero-order valence-electron chi connectivity index (χ0n) is 14.5. The van der Waals surface area contributed by atoms with Crippen LogP contribution in [0.2, 0.25) is 0 Å². The number of carbonyl (C=O) groups excluding carboxylic acids is 1. The predicted molar refractivity (Wildman–Crippen MR) is 108 cm³/mol. The monoisotopic (exact) mass is 435 g/mol. The fraction of sp³-hybridized carbons (Fsp3) is 0. The zero-order valence-corrected chi connectivity index (χ0v) is 16.1. The van der Waals surface area contributed by atoms with Gasteiger partial charge in [0.25, 0.3) is 5.91 Å². The third-order valence-corrected chi connectivity index (χ3v) is 4.35. The highest BCUT2D eigenvalue weighted by molar-refractivity contribution is 9.10. The highest BCUT2D eigenvalue weighted by Gasteiger charge is 2.08. The van der Waals surface area contributed by atoms with Gasteiger partial charge in [-0.25, -0.2) is 4.98 Å². The molecule has 4 rings (SSSR count). The van der Waals surface area contributed by atoms with Crippen LogP contribution in [-0.2, 0) is 0 Å². The number of aromatic nitrogens is 4. The van der Waals surface area contributed by atoms with Gasteiger partial charge >= 0.3 is 0 Å². The lowest BCUT2D eigenvalue weighted by Crippen LogP contribution is -2.12. The number of hydrogen-bond acceptors (Lipinski definition) is 5. The van der Waals surface area contributed by atoms with Gasteiger partial charge in [0, 0.05) is 28.1 Å². The lowest BCUT2D eigenvalue weighted by atomic mass is 10.2. The fourth-order valence-corrected chi connectivity index (χ4v) is 2.86. The number of hydrogen-bond donors (Lipinski definition) is 1. The van der Waals surface area contributed by atoms with Crippen molar-refractivity contribution in [2.75, 3.05) is 5.32 Å². The third-order valence-electron chi connectivity index (χ3n) is 3.86. The van der Waals surface area contributed by atoms with E-state index >= 15 is 0 Å². The SMILES string of the molecule is O=C(Nc1ccc(-n2cnnc2)cc1)c1ccc(Oc2cccc(Br)c2)nc1. The van der Waals surface area contributed by atoms with Crippen molar-refractivity contribution in [1.82, 2.24) is 19.7 Å². The fourth-order valence-electron chi connectivity index (χ4n) is 2.48. The summed E-state index contributed by atoms with van der Waals surface area (Å²) in [5, 5.41) is 10.4. The largest absolute Gasteiger partial charge is 0.439 e. The van der Waals surface area contributed by atoms with E-state index in [0.29, 0.717) is 22.9 Å². The van der Waals surface area contributed by atoms with Gasteiger partial charge in [-0.2, -0.15) is 0 Å². The van der Waals surface area contributed by atoms with Crippen LogP contribution in [0, 0.1) is 0 Å². The van der Waals surface area contributed by atoms with Gasteiger partial charge in [-0.1, -0.05) is 22.0 Å². The van der Waals surface area contributed by atoms with Crippen LogP contribution in [0.25, 0.3) is 5.69 Å². The normalized spacial score (nSPS) is 10.5. The van der Waals surface area contributed by atoms with E-state index in [1.807, 2.05) is 48.5 Å². The maximum absolute atomic E-state index is 12.4. The van der Waals surface area contributed by atoms with E-state index in [0.717, 1.165) is 10.2 Å². The summed E-state index contributed by atoms with van der Waals surface area (Å²) in [5.74, 6) is 0.818. The highest BCUT2D eigenvalue weighted by Crippen LogP contribution is 2.23. The van der Waals surface area contributed by atoms with Crippen molar-refractivity contribution in [3.8, 4) is 17.3 Å². The molecule has 2 aromatic carbocycles. The van der Waals surface area contributed by atoms with Crippen molar-refractivity contribution >= 4 is 27.5 Å². The van der Waals surface area contributed by atoms with Gasteiger partial charge in [-0.15, -0.1) is 10.2 Å². The summed E-state index contributed by atoms with van der Waals surface area (Å²) < 4.78 is 8.37. The Kier molecular flexibility index (Phi) is 5.11. The first-order valence-corrected chi connectivity index (χ1v) is 9.12. The maximum Gasteiger partial charge on any atom is 0.257 e. The number of halogens is 1. The van der Waals surface area contributed by atoms with Crippen LogP contribution in [0.5, 0.6) is 11.6 Å². The lowest BCUT2D eigenvalue weighted by Gasteiger charge is -2.08. The number of benzene rings is 2. The summed E-state index contributed by atoms with van der Waals surface area (Å²) >= 11 is 3.39. The number of amides is 1. The molecule has 0 saturated heterocycles. The Morgan fingerprint density at radius 1 is 1.00 bits per heavy atom. The van der Waals surface area contributed by atoms with Gasteiger partial charge in [0.15, 0.2) is 0 Å². The molecule has 0 radical (unpaired) electrons. The maximum atomic E-state index is 12.4. The van der Waals surface area contributed by atoms with E-state index in [4.69, 9.17) is 4.74 Å². The molecule has 0 saturated carbocycles. The van der Waals surface area contributed by atoms with E-state index in [-0.39, 0.29) is 5.91 Å². The molecule has 8 heteroatoms. The second-order valence-electron chi connectivity index (χ2n) is 5.81. The van der Waals surface area contributed by atoms with Gasteiger partial charge in [0.05, 0.1) is 5.56 Å².